The third kappa shape index (κ3) is 4.44. The number of nitrogens with one attached hydrogen (secondary N) is 1. The molecule has 128 valence electrons. The van der Waals surface area contributed by atoms with E-state index in [1.807, 2.05) is 0 Å². The fourth-order valence-corrected chi connectivity index (χ4v) is 1.92. The molecule has 0 aliphatic heterocycles. The SMILES string of the molecule is O=[N+]([O-])c1cnc(NCCOc2ncccc2C(F)(F)F)c(Cl)c1. The quantitative estimate of drug-likeness (QED) is 0.480. The molecule has 2 aromatic rings. The van der Waals surface area contributed by atoms with Gasteiger partial charge in [-0.2, -0.15) is 13.2 Å². The minimum absolute atomic E-state index is 0.0121. The van der Waals surface area contributed by atoms with Gasteiger partial charge in [0.1, 0.15) is 24.2 Å². The molecule has 0 fully saturated rings. The van der Waals surface area contributed by atoms with Crippen LogP contribution in [0, 0.1) is 10.1 Å². The summed E-state index contributed by atoms with van der Waals surface area (Å²) in [5.74, 6) is -0.377. The van der Waals surface area contributed by atoms with Crippen LogP contribution < -0.4 is 10.1 Å². The highest BCUT2D eigenvalue weighted by atomic mass is 35.5. The molecule has 0 saturated carbocycles. The van der Waals surface area contributed by atoms with Crippen LogP contribution in [0.4, 0.5) is 24.7 Å². The van der Waals surface area contributed by atoms with Crippen LogP contribution in [0.3, 0.4) is 0 Å². The molecule has 0 saturated heterocycles. The molecule has 24 heavy (non-hydrogen) atoms. The molecule has 0 aromatic carbocycles. The van der Waals surface area contributed by atoms with E-state index in [2.05, 4.69) is 15.3 Å². The van der Waals surface area contributed by atoms with E-state index in [0.29, 0.717) is 0 Å². The zero-order chi connectivity index (χ0) is 17.7. The van der Waals surface area contributed by atoms with Crippen LogP contribution in [0.25, 0.3) is 0 Å². The molecular weight excluding hydrogens is 353 g/mol. The first-order valence-electron chi connectivity index (χ1n) is 6.48. The third-order valence-corrected chi connectivity index (χ3v) is 3.04. The second kappa shape index (κ2) is 7.30. The van der Waals surface area contributed by atoms with Crippen molar-refractivity contribution in [1.82, 2.24) is 9.97 Å². The number of ether oxygens (including phenoxy) is 1. The van der Waals surface area contributed by atoms with Crippen molar-refractivity contribution in [3.63, 3.8) is 0 Å². The van der Waals surface area contributed by atoms with E-state index in [-0.39, 0.29) is 29.7 Å². The van der Waals surface area contributed by atoms with Gasteiger partial charge in [-0.05, 0) is 12.1 Å². The average Bonchev–Trinajstić information content (AvgIpc) is 2.52. The average molecular weight is 363 g/mol. The maximum Gasteiger partial charge on any atom is 0.421 e. The van der Waals surface area contributed by atoms with Crippen molar-refractivity contribution >= 4 is 23.1 Å². The lowest BCUT2D eigenvalue weighted by atomic mass is 10.2. The van der Waals surface area contributed by atoms with Gasteiger partial charge in [0.15, 0.2) is 0 Å². The second-order valence-electron chi connectivity index (χ2n) is 4.41. The summed E-state index contributed by atoms with van der Waals surface area (Å²) in [6, 6.07) is 3.14. The molecule has 0 amide bonds. The fourth-order valence-electron chi connectivity index (χ4n) is 1.70. The van der Waals surface area contributed by atoms with E-state index in [1.54, 1.807) is 0 Å². The largest absolute Gasteiger partial charge is 0.475 e. The summed E-state index contributed by atoms with van der Waals surface area (Å²) in [4.78, 5) is 17.2. The van der Waals surface area contributed by atoms with Crippen LogP contribution in [0.1, 0.15) is 5.56 Å². The Balaban J connectivity index is 1.94. The minimum atomic E-state index is -4.57. The number of nitrogens with zero attached hydrogens (tertiary/aromatic N) is 3. The van der Waals surface area contributed by atoms with Gasteiger partial charge < -0.3 is 10.1 Å². The first-order chi connectivity index (χ1) is 11.3. The monoisotopic (exact) mass is 362 g/mol. The molecular formula is C13H10ClF3N4O3. The Labute approximate surface area is 138 Å². The van der Waals surface area contributed by atoms with E-state index in [9.17, 15) is 23.3 Å². The standard InChI is InChI=1S/C13H10ClF3N4O3/c14-10-6-8(21(22)23)7-20-11(10)18-4-5-24-12-9(13(15,16)17)2-1-3-19-12/h1-3,6-7H,4-5H2,(H,18,20). The molecule has 1 N–H and O–H groups in total. The molecule has 0 spiro atoms. The van der Waals surface area contributed by atoms with Gasteiger partial charge in [0.25, 0.3) is 5.69 Å². The Morgan fingerprint density at radius 1 is 1.38 bits per heavy atom. The van der Waals surface area contributed by atoms with E-state index in [0.717, 1.165) is 24.4 Å². The van der Waals surface area contributed by atoms with E-state index in [4.69, 9.17) is 16.3 Å². The number of alkyl halides is 3. The van der Waals surface area contributed by atoms with Crippen LogP contribution in [-0.4, -0.2) is 28.0 Å². The van der Waals surface area contributed by atoms with Gasteiger partial charge >= 0.3 is 6.18 Å². The summed E-state index contributed by atoms with van der Waals surface area (Å²) >= 11 is 5.82. The summed E-state index contributed by atoms with van der Waals surface area (Å²) in [5.41, 5.74) is -1.25. The van der Waals surface area contributed by atoms with Crippen molar-refractivity contribution in [3.05, 3.63) is 51.3 Å². The summed E-state index contributed by atoms with van der Waals surface area (Å²) in [6.07, 6.45) is -2.37. The topological polar surface area (TPSA) is 90.2 Å². The molecule has 0 unspecified atom stereocenters. The maximum absolute atomic E-state index is 12.8. The molecule has 0 radical (unpaired) electrons. The van der Waals surface area contributed by atoms with Crippen molar-refractivity contribution in [2.45, 2.75) is 6.18 Å². The van der Waals surface area contributed by atoms with Crippen LogP contribution >= 0.6 is 11.6 Å². The van der Waals surface area contributed by atoms with Gasteiger partial charge in [0.05, 0.1) is 16.5 Å². The fraction of sp³-hybridized carbons (Fsp3) is 0.231. The molecule has 11 heteroatoms. The molecule has 0 atom stereocenters. The second-order valence-corrected chi connectivity index (χ2v) is 4.82. The number of hydrogen-bond acceptors (Lipinski definition) is 6. The van der Waals surface area contributed by atoms with Crippen LogP contribution in [0.5, 0.6) is 5.88 Å². The molecule has 2 aromatic heterocycles. The van der Waals surface area contributed by atoms with Crippen LogP contribution in [0.15, 0.2) is 30.6 Å². The van der Waals surface area contributed by atoms with E-state index >= 15 is 0 Å². The highest BCUT2D eigenvalue weighted by molar-refractivity contribution is 6.33. The Bertz CT molecular complexity index is 743. The lowest BCUT2D eigenvalue weighted by Crippen LogP contribution is -2.16. The van der Waals surface area contributed by atoms with Crippen LogP contribution in [0.2, 0.25) is 5.02 Å². The van der Waals surface area contributed by atoms with E-state index in [1.165, 1.54) is 6.20 Å². The normalized spacial score (nSPS) is 11.2. The van der Waals surface area contributed by atoms with Crippen molar-refractivity contribution < 1.29 is 22.8 Å². The van der Waals surface area contributed by atoms with Gasteiger partial charge in [0.2, 0.25) is 5.88 Å². The third-order valence-electron chi connectivity index (χ3n) is 2.75. The number of anilines is 1. The molecule has 2 heterocycles. The van der Waals surface area contributed by atoms with Crippen molar-refractivity contribution in [2.75, 3.05) is 18.5 Å². The number of nitro groups is 1. The zero-order valence-electron chi connectivity index (χ0n) is 11.9. The van der Waals surface area contributed by atoms with Crippen molar-refractivity contribution in [2.24, 2.45) is 0 Å². The number of aromatic nitrogens is 2. The zero-order valence-corrected chi connectivity index (χ0v) is 12.6. The smallest absolute Gasteiger partial charge is 0.421 e. The Morgan fingerprint density at radius 3 is 2.75 bits per heavy atom. The Morgan fingerprint density at radius 2 is 2.12 bits per heavy atom. The van der Waals surface area contributed by atoms with Crippen molar-refractivity contribution in [1.29, 1.82) is 0 Å². The van der Waals surface area contributed by atoms with Gasteiger partial charge in [-0.3, -0.25) is 10.1 Å². The highest BCUT2D eigenvalue weighted by Crippen LogP contribution is 2.34. The van der Waals surface area contributed by atoms with Crippen molar-refractivity contribution in [3.8, 4) is 5.88 Å². The minimum Gasteiger partial charge on any atom is -0.475 e. The molecule has 7 nitrogen and oxygen atoms in total. The van der Waals surface area contributed by atoms with Crippen LogP contribution in [-0.2, 0) is 6.18 Å². The Kier molecular flexibility index (Phi) is 5.39. The number of rotatable bonds is 6. The molecule has 0 aliphatic carbocycles. The number of pyridine rings is 2. The summed E-state index contributed by atoms with van der Waals surface area (Å²) < 4.78 is 43.3. The predicted molar refractivity (Wildman–Crippen MR) is 79.1 cm³/mol. The highest BCUT2D eigenvalue weighted by Gasteiger charge is 2.34. The molecule has 2 rings (SSSR count). The van der Waals surface area contributed by atoms with Gasteiger partial charge in [-0.1, -0.05) is 11.6 Å². The maximum atomic E-state index is 12.8. The first kappa shape index (κ1) is 17.7. The summed E-state index contributed by atoms with van der Waals surface area (Å²) in [7, 11) is 0. The predicted octanol–water partition coefficient (Wildman–Crippen LogP) is 3.55. The number of hydrogen-bond donors (Lipinski definition) is 1. The first-order valence-corrected chi connectivity index (χ1v) is 6.85. The summed E-state index contributed by atoms with van der Waals surface area (Å²) in [5, 5.41) is 13.3. The molecule has 0 aliphatic rings. The number of halogens is 4. The Hall–Kier alpha value is -2.62. The lowest BCUT2D eigenvalue weighted by Gasteiger charge is -2.13. The lowest BCUT2D eigenvalue weighted by molar-refractivity contribution is -0.385. The summed E-state index contributed by atoms with van der Waals surface area (Å²) in [6.45, 7) is -0.0759. The van der Waals surface area contributed by atoms with Gasteiger partial charge in [-0.25, -0.2) is 9.97 Å². The van der Waals surface area contributed by atoms with E-state index < -0.39 is 22.5 Å². The van der Waals surface area contributed by atoms with Gasteiger partial charge in [0, 0.05) is 12.3 Å². The van der Waals surface area contributed by atoms with Gasteiger partial charge in [-0.15, -0.1) is 0 Å². The molecule has 0 bridgehead atoms.